The van der Waals surface area contributed by atoms with E-state index in [0.29, 0.717) is 24.9 Å². The van der Waals surface area contributed by atoms with Gasteiger partial charge in [0, 0.05) is 18.2 Å². The second-order valence-corrected chi connectivity index (χ2v) is 4.66. The molecule has 2 nitrogen and oxygen atoms in total. The van der Waals surface area contributed by atoms with E-state index in [-0.39, 0.29) is 5.82 Å². The molecule has 0 amide bonds. The molecule has 18 heavy (non-hydrogen) atoms. The Hall–Kier alpha value is -1.35. The van der Waals surface area contributed by atoms with Crippen LogP contribution in [0.3, 0.4) is 0 Å². The van der Waals surface area contributed by atoms with Gasteiger partial charge in [-0.25, -0.2) is 4.39 Å². The molecule has 0 aliphatic carbocycles. The highest BCUT2D eigenvalue weighted by molar-refractivity contribution is 5.35. The molecule has 3 heteroatoms. The first-order valence-corrected chi connectivity index (χ1v) is 6.34. The lowest BCUT2D eigenvalue weighted by Crippen LogP contribution is -2.22. The lowest BCUT2D eigenvalue weighted by molar-refractivity contribution is 0.324. The summed E-state index contributed by atoms with van der Waals surface area (Å²) in [5.41, 5.74) is 1.80. The minimum atomic E-state index is -0.318. The van der Waals surface area contributed by atoms with Gasteiger partial charge in [0.15, 0.2) is 11.6 Å². The summed E-state index contributed by atoms with van der Waals surface area (Å²) < 4.78 is 19.3. The maximum absolute atomic E-state index is 13.7. The molecule has 0 aromatic heterocycles. The number of benzene rings is 1. The maximum Gasteiger partial charge on any atom is 0.165 e. The van der Waals surface area contributed by atoms with E-state index >= 15 is 0 Å². The predicted molar refractivity (Wildman–Crippen MR) is 73.3 cm³/mol. The fourth-order valence-corrected chi connectivity index (χ4v) is 1.44. The summed E-state index contributed by atoms with van der Waals surface area (Å²) in [5, 5.41) is 3.26. The monoisotopic (exact) mass is 251 g/mol. The van der Waals surface area contributed by atoms with Crippen LogP contribution in [0, 0.1) is 5.82 Å². The van der Waals surface area contributed by atoms with E-state index in [2.05, 4.69) is 25.7 Å². The number of nitrogens with one attached hydrogen (secondary N) is 1. The van der Waals surface area contributed by atoms with Crippen molar-refractivity contribution in [2.45, 2.75) is 39.8 Å². The zero-order valence-corrected chi connectivity index (χ0v) is 11.4. The van der Waals surface area contributed by atoms with Crippen molar-refractivity contribution in [1.29, 1.82) is 0 Å². The fourth-order valence-electron chi connectivity index (χ4n) is 1.44. The molecule has 100 valence electrons. The van der Waals surface area contributed by atoms with Crippen LogP contribution in [0.15, 0.2) is 30.4 Å². The minimum Gasteiger partial charge on any atom is -0.486 e. The smallest absolute Gasteiger partial charge is 0.165 e. The average Bonchev–Trinajstić information content (AvgIpc) is 2.34. The van der Waals surface area contributed by atoms with Crippen molar-refractivity contribution >= 4 is 0 Å². The molecular formula is C15H22FNO. The van der Waals surface area contributed by atoms with Crippen LogP contribution < -0.4 is 10.1 Å². The van der Waals surface area contributed by atoms with Gasteiger partial charge in [-0.2, -0.15) is 0 Å². The minimum absolute atomic E-state index is 0.318. The van der Waals surface area contributed by atoms with Gasteiger partial charge < -0.3 is 10.1 Å². The number of halogens is 1. The Morgan fingerprint density at radius 1 is 1.44 bits per heavy atom. The van der Waals surface area contributed by atoms with Gasteiger partial charge >= 0.3 is 0 Å². The molecule has 0 aliphatic rings. The molecule has 0 saturated heterocycles. The Balaban J connectivity index is 2.76. The third kappa shape index (κ3) is 4.49. The van der Waals surface area contributed by atoms with Crippen LogP contribution in [0.1, 0.15) is 32.8 Å². The largest absolute Gasteiger partial charge is 0.486 e. The first kappa shape index (κ1) is 14.7. The normalized spacial score (nSPS) is 10.7. The first-order chi connectivity index (χ1) is 8.54. The first-order valence-electron chi connectivity index (χ1n) is 6.34. The van der Waals surface area contributed by atoms with E-state index in [1.54, 1.807) is 6.07 Å². The standard InChI is InChI=1S/C15H22FNO/c1-5-12(4)10-18-15-13(9-17-11(2)3)7-6-8-14(15)16/h6-8,11,17H,4-5,9-10H2,1-3H3. The fraction of sp³-hybridized carbons (Fsp3) is 0.467. The molecule has 0 atom stereocenters. The number of hydrogen-bond donors (Lipinski definition) is 1. The van der Waals surface area contributed by atoms with Crippen LogP contribution in [-0.2, 0) is 6.54 Å². The Morgan fingerprint density at radius 2 is 2.17 bits per heavy atom. The summed E-state index contributed by atoms with van der Waals surface area (Å²) in [6.45, 7) is 10.9. The summed E-state index contributed by atoms with van der Waals surface area (Å²) >= 11 is 0. The van der Waals surface area contributed by atoms with Crippen LogP contribution in [-0.4, -0.2) is 12.6 Å². The highest BCUT2D eigenvalue weighted by Crippen LogP contribution is 2.23. The van der Waals surface area contributed by atoms with E-state index in [0.717, 1.165) is 17.6 Å². The van der Waals surface area contributed by atoms with Crippen molar-refractivity contribution in [2.24, 2.45) is 0 Å². The maximum atomic E-state index is 13.7. The second kappa shape index (κ2) is 7.17. The van der Waals surface area contributed by atoms with Gasteiger partial charge in [0.05, 0.1) is 0 Å². The second-order valence-electron chi connectivity index (χ2n) is 4.66. The molecule has 1 rings (SSSR count). The van der Waals surface area contributed by atoms with Crippen molar-refractivity contribution in [3.05, 3.63) is 41.7 Å². The zero-order chi connectivity index (χ0) is 13.5. The van der Waals surface area contributed by atoms with Crippen molar-refractivity contribution in [3.8, 4) is 5.75 Å². The van der Waals surface area contributed by atoms with E-state index in [4.69, 9.17) is 4.74 Å². The number of hydrogen-bond acceptors (Lipinski definition) is 2. The van der Waals surface area contributed by atoms with Gasteiger partial charge in [0.2, 0.25) is 0 Å². The Labute approximate surface area is 109 Å². The molecule has 0 unspecified atom stereocenters. The van der Waals surface area contributed by atoms with Gasteiger partial charge in [-0.3, -0.25) is 0 Å². The predicted octanol–water partition coefficient (Wildman–Crippen LogP) is 3.67. The van der Waals surface area contributed by atoms with Gasteiger partial charge in [0.1, 0.15) is 6.61 Å². The van der Waals surface area contributed by atoms with Gasteiger partial charge in [-0.15, -0.1) is 0 Å². The molecule has 0 bridgehead atoms. The molecule has 0 heterocycles. The number of rotatable bonds is 7. The Kier molecular flexibility index (Phi) is 5.86. The van der Waals surface area contributed by atoms with Crippen LogP contribution in [0.25, 0.3) is 0 Å². The van der Waals surface area contributed by atoms with Gasteiger partial charge in [0.25, 0.3) is 0 Å². The summed E-state index contributed by atoms with van der Waals surface area (Å²) in [4.78, 5) is 0. The summed E-state index contributed by atoms with van der Waals surface area (Å²) in [7, 11) is 0. The van der Waals surface area contributed by atoms with Crippen LogP contribution >= 0.6 is 0 Å². The summed E-state index contributed by atoms with van der Waals surface area (Å²) in [6, 6.07) is 5.35. The molecular weight excluding hydrogens is 229 g/mol. The van der Waals surface area contributed by atoms with Crippen molar-refractivity contribution in [1.82, 2.24) is 5.32 Å². The van der Waals surface area contributed by atoms with E-state index in [1.165, 1.54) is 6.07 Å². The van der Waals surface area contributed by atoms with E-state index < -0.39 is 0 Å². The Bertz CT molecular complexity index is 401. The molecule has 1 N–H and O–H groups in total. The quantitative estimate of drug-likeness (QED) is 0.747. The third-order valence-electron chi connectivity index (χ3n) is 2.67. The number of ether oxygens (including phenoxy) is 1. The van der Waals surface area contributed by atoms with E-state index in [9.17, 15) is 4.39 Å². The van der Waals surface area contributed by atoms with Crippen molar-refractivity contribution < 1.29 is 9.13 Å². The zero-order valence-electron chi connectivity index (χ0n) is 11.4. The lowest BCUT2D eigenvalue weighted by atomic mass is 10.1. The molecule has 1 aromatic rings. The highest BCUT2D eigenvalue weighted by atomic mass is 19.1. The molecule has 0 aliphatic heterocycles. The molecule has 0 radical (unpaired) electrons. The van der Waals surface area contributed by atoms with Gasteiger partial charge in [-0.05, 0) is 18.1 Å². The van der Waals surface area contributed by atoms with E-state index in [1.807, 2.05) is 13.0 Å². The number of para-hydroxylation sites is 1. The van der Waals surface area contributed by atoms with Gasteiger partial charge in [-0.1, -0.05) is 39.5 Å². The molecule has 0 spiro atoms. The third-order valence-corrected chi connectivity index (χ3v) is 2.67. The van der Waals surface area contributed by atoms with Crippen molar-refractivity contribution in [3.63, 3.8) is 0 Å². The lowest BCUT2D eigenvalue weighted by Gasteiger charge is -2.14. The Morgan fingerprint density at radius 3 is 2.78 bits per heavy atom. The average molecular weight is 251 g/mol. The summed E-state index contributed by atoms with van der Waals surface area (Å²) in [5.74, 6) is 0.0159. The van der Waals surface area contributed by atoms with Crippen LogP contribution in [0.2, 0.25) is 0 Å². The summed E-state index contributed by atoms with van der Waals surface area (Å²) in [6.07, 6.45) is 0.841. The van der Waals surface area contributed by atoms with Crippen molar-refractivity contribution in [2.75, 3.05) is 6.61 Å². The highest BCUT2D eigenvalue weighted by Gasteiger charge is 2.10. The molecule has 0 saturated carbocycles. The topological polar surface area (TPSA) is 21.3 Å². The molecule has 0 fully saturated rings. The van der Waals surface area contributed by atoms with Crippen LogP contribution in [0.5, 0.6) is 5.75 Å². The van der Waals surface area contributed by atoms with Crippen LogP contribution in [0.4, 0.5) is 4.39 Å². The SMILES string of the molecule is C=C(CC)COc1c(F)cccc1CNC(C)C. The molecule has 1 aromatic carbocycles.